The quantitative estimate of drug-likeness (QED) is 0.800. The van der Waals surface area contributed by atoms with Gasteiger partial charge in [0.2, 0.25) is 5.91 Å². The van der Waals surface area contributed by atoms with Crippen molar-refractivity contribution in [3.8, 4) is 0 Å². The number of nitrogens with two attached hydrogens (primary N) is 1. The maximum absolute atomic E-state index is 12.1. The Morgan fingerprint density at radius 1 is 1.33 bits per heavy atom. The Bertz CT molecular complexity index is 454. The highest BCUT2D eigenvalue weighted by atomic mass is 16.2. The zero-order chi connectivity index (χ0) is 15.3. The summed E-state index contributed by atoms with van der Waals surface area (Å²) in [6, 6.07) is 9.73. The lowest BCUT2D eigenvalue weighted by atomic mass is 9.75. The predicted molar refractivity (Wildman–Crippen MR) is 86.0 cm³/mol. The number of nitrogens with zero attached hydrogens (tertiary/aromatic N) is 1. The summed E-state index contributed by atoms with van der Waals surface area (Å²) in [5.41, 5.74) is 7.38. The van der Waals surface area contributed by atoms with Crippen LogP contribution in [0.5, 0.6) is 0 Å². The highest BCUT2D eigenvalue weighted by Gasteiger charge is 2.39. The molecule has 0 bridgehead atoms. The van der Waals surface area contributed by atoms with Crippen LogP contribution in [0.1, 0.15) is 31.2 Å². The van der Waals surface area contributed by atoms with E-state index in [1.165, 1.54) is 12.0 Å². The fourth-order valence-corrected chi connectivity index (χ4v) is 2.85. The van der Waals surface area contributed by atoms with Gasteiger partial charge in [0.25, 0.3) is 0 Å². The van der Waals surface area contributed by atoms with Gasteiger partial charge in [0.05, 0.1) is 6.04 Å². The van der Waals surface area contributed by atoms with Crippen LogP contribution in [0, 0.1) is 0 Å². The molecule has 116 valence electrons. The first kappa shape index (κ1) is 16.0. The van der Waals surface area contributed by atoms with E-state index < -0.39 is 6.04 Å². The van der Waals surface area contributed by atoms with E-state index in [1.807, 2.05) is 18.2 Å². The maximum atomic E-state index is 12.1. The number of aryl methyl sites for hydroxylation is 1. The second-order valence-electron chi connectivity index (χ2n) is 6.32. The molecule has 4 nitrogen and oxygen atoms in total. The van der Waals surface area contributed by atoms with Gasteiger partial charge in [-0.1, -0.05) is 30.3 Å². The van der Waals surface area contributed by atoms with Crippen molar-refractivity contribution < 1.29 is 4.79 Å². The zero-order valence-electron chi connectivity index (χ0n) is 13.1. The Hall–Kier alpha value is -1.39. The molecule has 0 aliphatic heterocycles. The molecular formula is C17H27N3O. The van der Waals surface area contributed by atoms with Crippen molar-refractivity contribution in [2.24, 2.45) is 5.73 Å². The number of nitrogens with one attached hydrogen (secondary N) is 1. The average molecular weight is 289 g/mol. The fraction of sp³-hybridized carbons (Fsp3) is 0.588. The highest BCUT2D eigenvalue weighted by Crippen LogP contribution is 2.35. The minimum atomic E-state index is -0.426. The Balaban J connectivity index is 1.75. The summed E-state index contributed by atoms with van der Waals surface area (Å²) in [4.78, 5) is 14.3. The third-order valence-electron chi connectivity index (χ3n) is 4.75. The van der Waals surface area contributed by atoms with E-state index in [9.17, 15) is 4.79 Å². The minimum Gasteiger partial charge on any atom is -0.353 e. The number of likely N-dealkylation sites (N-methyl/N-ethyl adjacent to an activating group) is 1. The molecule has 1 amide bonds. The normalized spacial score (nSPS) is 18.1. The van der Waals surface area contributed by atoms with E-state index >= 15 is 0 Å². The summed E-state index contributed by atoms with van der Waals surface area (Å²) in [7, 11) is 4.17. The molecule has 2 rings (SSSR count). The summed E-state index contributed by atoms with van der Waals surface area (Å²) in [5.74, 6) is -0.0287. The molecule has 1 unspecified atom stereocenters. The molecule has 1 aliphatic rings. The first-order valence-corrected chi connectivity index (χ1v) is 7.78. The molecule has 0 radical (unpaired) electrons. The maximum Gasteiger partial charge on any atom is 0.236 e. The van der Waals surface area contributed by atoms with Crippen molar-refractivity contribution in [3.05, 3.63) is 35.9 Å². The average Bonchev–Trinajstić information content (AvgIpc) is 2.44. The summed E-state index contributed by atoms with van der Waals surface area (Å²) in [6.07, 6.45) is 5.08. The smallest absolute Gasteiger partial charge is 0.236 e. The fourth-order valence-electron chi connectivity index (χ4n) is 2.85. The van der Waals surface area contributed by atoms with Gasteiger partial charge in [-0.3, -0.25) is 4.79 Å². The molecule has 21 heavy (non-hydrogen) atoms. The number of hydrogen-bond acceptors (Lipinski definition) is 3. The molecule has 1 fully saturated rings. The number of hydrogen-bond donors (Lipinski definition) is 2. The van der Waals surface area contributed by atoms with Crippen LogP contribution in [-0.2, 0) is 11.2 Å². The van der Waals surface area contributed by atoms with Crippen molar-refractivity contribution in [1.82, 2.24) is 10.2 Å². The van der Waals surface area contributed by atoms with Crippen molar-refractivity contribution in [3.63, 3.8) is 0 Å². The van der Waals surface area contributed by atoms with E-state index in [2.05, 4.69) is 36.4 Å². The van der Waals surface area contributed by atoms with Gasteiger partial charge in [-0.05, 0) is 51.8 Å². The van der Waals surface area contributed by atoms with Crippen LogP contribution in [0.25, 0.3) is 0 Å². The minimum absolute atomic E-state index is 0.0287. The first-order valence-electron chi connectivity index (χ1n) is 7.78. The molecule has 0 saturated heterocycles. The molecular weight excluding hydrogens is 262 g/mol. The van der Waals surface area contributed by atoms with Crippen molar-refractivity contribution in [2.45, 2.75) is 43.7 Å². The van der Waals surface area contributed by atoms with Crippen LogP contribution < -0.4 is 11.1 Å². The molecule has 3 N–H and O–H groups in total. The van der Waals surface area contributed by atoms with E-state index in [-0.39, 0.29) is 11.4 Å². The van der Waals surface area contributed by atoms with Crippen LogP contribution in [0.3, 0.4) is 0 Å². The monoisotopic (exact) mass is 289 g/mol. The van der Waals surface area contributed by atoms with Gasteiger partial charge in [-0.15, -0.1) is 0 Å². The Morgan fingerprint density at radius 3 is 2.52 bits per heavy atom. The van der Waals surface area contributed by atoms with Gasteiger partial charge >= 0.3 is 0 Å². The van der Waals surface area contributed by atoms with Gasteiger partial charge in [-0.25, -0.2) is 0 Å². The number of benzene rings is 1. The number of amides is 1. The summed E-state index contributed by atoms with van der Waals surface area (Å²) >= 11 is 0. The summed E-state index contributed by atoms with van der Waals surface area (Å²) < 4.78 is 0. The van der Waals surface area contributed by atoms with Gasteiger partial charge in [-0.2, -0.15) is 0 Å². The first-order chi connectivity index (χ1) is 10.0. The lowest BCUT2D eigenvalue weighted by Crippen LogP contribution is -2.58. The van der Waals surface area contributed by atoms with Crippen LogP contribution in [0.2, 0.25) is 0 Å². The van der Waals surface area contributed by atoms with Gasteiger partial charge < -0.3 is 16.0 Å². The predicted octanol–water partition coefficient (Wildman–Crippen LogP) is 1.55. The molecule has 1 aromatic rings. The SMILES string of the molecule is CN(C)C1(CNC(=O)C(N)CCc2ccccc2)CCC1. The van der Waals surface area contributed by atoms with Crippen molar-refractivity contribution in [1.29, 1.82) is 0 Å². The van der Waals surface area contributed by atoms with Crippen LogP contribution in [-0.4, -0.2) is 43.0 Å². The molecule has 4 heteroatoms. The molecule has 1 atom stereocenters. The molecule has 1 saturated carbocycles. The molecule has 0 heterocycles. The second-order valence-corrected chi connectivity index (χ2v) is 6.32. The van der Waals surface area contributed by atoms with Gasteiger partial charge in [0.15, 0.2) is 0 Å². The highest BCUT2D eigenvalue weighted by molar-refractivity contribution is 5.81. The molecule has 0 aromatic heterocycles. The third kappa shape index (κ3) is 4.05. The van der Waals surface area contributed by atoms with E-state index in [0.29, 0.717) is 13.0 Å². The van der Waals surface area contributed by atoms with Gasteiger partial charge in [0.1, 0.15) is 0 Å². The largest absolute Gasteiger partial charge is 0.353 e. The molecule has 1 aromatic carbocycles. The number of carbonyl (C=O) groups is 1. The van der Waals surface area contributed by atoms with Gasteiger partial charge in [0, 0.05) is 12.1 Å². The molecule has 0 spiro atoms. The second kappa shape index (κ2) is 7.05. The lowest BCUT2D eigenvalue weighted by Gasteiger charge is -2.47. The molecule has 1 aliphatic carbocycles. The van der Waals surface area contributed by atoms with E-state index in [1.54, 1.807) is 0 Å². The topological polar surface area (TPSA) is 58.4 Å². The summed E-state index contributed by atoms with van der Waals surface area (Å²) in [5, 5.41) is 3.04. The van der Waals surface area contributed by atoms with E-state index in [4.69, 9.17) is 5.73 Å². The Labute approximate surface area is 127 Å². The zero-order valence-corrected chi connectivity index (χ0v) is 13.1. The number of rotatable bonds is 7. The van der Waals surface area contributed by atoms with Crippen LogP contribution >= 0.6 is 0 Å². The summed E-state index contributed by atoms with van der Waals surface area (Å²) in [6.45, 7) is 0.706. The standard InChI is InChI=1S/C17H27N3O/c1-20(2)17(11-6-12-17)13-19-16(21)15(18)10-9-14-7-4-3-5-8-14/h3-5,7-8,15H,6,9-13,18H2,1-2H3,(H,19,21). The van der Waals surface area contributed by atoms with Crippen LogP contribution in [0.4, 0.5) is 0 Å². The van der Waals surface area contributed by atoms with E-state index in [0.717, 1.165) is 19.3 Å². The Kier molecular flexibility index (Phi) is 5.37. The Morgan fingerprint density at radius 2 is 2.00 bits per heavy atom. The lowest BCUT2D eigenvalue weighted by molar-refractivity contribution is -0.123. The third-order valence-corrected chi connectivity index (χ3v) is 4.75. The van der Waals surface area contributed by atoms with Crippen molar-refractivity contribution >= 4 is 5.91 Å². The number of carbonyl (C=O) groups excluding carboxylic acids is 1. The van der Waals surface area contributed by atoms with Crippen molar-refractivity contribution in [2.75, 3.05) is 20.6 Å². The van der Waals surface area contributed by atoms with Crippen LogP contribution in [0.15, 0.2) is 30.3 Å².